The number of nitrogens with one attached hydrogen (secondary N) is 1. The van der Waals surface area contributed by atoms with Crippen molar-refractivity contribution in [3.63, 3.8) is 0 Å². The summed E-state index contributed by atoms with van der Waals surface area (Å²) in [6, 6.07) is 7.41. The lowest BCUT2D eigenvalue weighted by atomic mass is 9.86. The molecule has 1 aliphatic carbocycles. The van der Waals surface area contributed by atoms with Crippen LogP contribution in [0.4, 0.5) is 8.78 Å². The lowest BCUT2D eigenvalue weighted by Gasteiger charge is -2.27. The Bertz CT molecular complexity index is 478. The van der Waals surface area contributed by atoms with Crippen molar-refractivity contribution < 1.29 is 18.7 Å². The van der Waals surface area contributed by atoms with E-state index in [0.717, 1.165) is 11.1 Å². The van der Waals surface area contributed by atoms with Gasteiger partial charge in [0.1, 0.15) is 0 Å². The van der Waals surface area contributed by atoms with E-state index in [1.54, 1.807) is 0 Å². The van der Waals surface area contributed by atoms with E-state index in [4.69, 9.17) is 0 Å². The van der Waals surface area contributed by atoms with Gasteiger partial charge in [-0.2, -0.15) is 0 Å². The number of benzene rings is 1. The SMILES string of the molecule is Cc1ccc(C(O)CNC(=O)C2CCC(F)(F)CC2)cc1. The van der Waals surface area contributed by atoms with Crippen LogP contribution in [0.25, 0.3) is 0 Å². The van der Waals surface area contributed by atoms with Gasteiger partial charge in [-0.05, 0) is 25.3 Å². The molecule has 0 spiro atoms. The number of hydrogen-bond donors (Lipinski definition) is 2. The number of halogens is 2. The molecule has 5 heteroatoms. The second-order valence-corrected chi connectivity index (χ2v) is 5.80. The zero-order valence-electron chi connectivity index (χ0n) is 12.1. The second-order valence-electron chi connectivity index (χ2n) is 5.80. The van der Waals surface area contributed by atoms with Crippen LogP contribution in [-0.2, 0) is 4.79 Å². The predicted molar refractivity (Wildman–Crippen MR) is 76.1 cm³/mol. The van der Waals surface area contributed by atoms with Crippen molar-refractivity contribution in [2.45, 2.75) is 44.6 Å². The van der Waals surface area contributed by atoms with Crippen molar-refractivity contribution in [2.75, 3.05) is 6.54 Å². The molecule has 21 heavy (non-hydrogen) atoms. The van der Waals surface area contributed by atoms with Crippen LogP contribution in [0.15, 0.2) is 24.3 Å². The van der Waals surface area contributed by atoms with E-state index in [0.29, 0.717) is 0 Å². The van der Waals surface area contributed by atoms with Gasteiger partial charge in [0.25, 0.3) is 0 Å². The van der Waals surface area contributed by atoms with Crippen molar-refractivity contribution >= 4 is 5.91 Å². The highest BCUT2D eigenvalue weighted by Crippen LogP contribution is 2.36. The van der Waals surface area contributed by atoms with Gasteiger partial charge in [-0.15, -0.1) is 0 Å². The summed E-state index contributed by atoms with van der Waals surface area (Å²) >= 11 is 0. The molecule has 116 valence electrons. The van der Waals surface area contributed by atoms with Gasteiger partial charge in [0.2, 0.25) is 11.8 Å². The van der Waals surface area contributed by atoms with Crippen molar-refractivity contribution in [2.24, 2.45) is 5.92 Å². The number of aliphatic hydroxyl groups is 1. The molecule has 0 saturated heterocycles. The summed E-state index contributed by atoms with van der Waals surface area (Å²) < 4.78 is 26.1. The molecule has 1 aliphatic rings. The Morgan fingerprint density at radius 1 is 1.33 bits per heavy atom. The highest BCUT2D eigenvalue weighted by Gasteiger charge is 2.37. The molecule has 0 aliphatic heterocycles. The van der Waals surface area contributed by atoms with E-state index in [1.165, 1.54) is 0 Å². The highest BCUT2D eigenvalue weighted by atomic mass is 19.3. The standard InChI is InChI=1S/C16H21F2NO2/c1-11-2-4-12(5-3-11)14(20)10-19-15(21)13-6-8-16(17,18)9-7-13/h2-5,13-14,20H,6-10H2,1H3,(H,19,21). The first-order valence-electron chi connectivity index (χ1n) is 7.27. The summed E-state index contributed by atoms with van der Waals surface area (Å²) in [5.41, 5.74) is 1.83. The fourth-order valence-corrected chi connectivity index (χ4v) is 2.55. The van der Waals surface area contributed by atoms with Gasteiger partial charge in [-0.3, -0.25) is 4.79 Å². The first-order valence-corrected chi connectivity index (χ1v) is 7.27. The number of carbonyl (C=O) groups is 1. The molecule has 1 amide bonds. The molecule has 1 atom stereocenters. The lowest BCUT2D eigenvalue weighted by molar-refractivity contribution is -0.129. The maximum atomic E-state index is 13.0. The van der Waals surface area contributed by atoms with E-state index in [-0.39, 0.29) is 44.1 Å². The van der Waals surface area contributed by atoms with Gasteiger partial charge >= 0.3 is 0 Å². The molecule has 0 aromatic heterocycles. The molecule has 0 bridgehead atoms. The van der Waals surface area contributed by atoms with E-state index < -0.39 is 12.0 Å². The third-order valence-electron chi connectivity index (χ3n) is 4.02. The van der Waals surface area contributed by atoms with Gasteiger partial charge in [0.15, 0.2) is 0 Å². The van der Waals surface area contributed by atoms with Crippen molar-refractivity contribution in [1.29, 1.82) is 0 Å². The van der Waals surface area contributed by atoms with Gasteiger partial charge in [0, 0.05) is 25.3 Å². The zero-order valence-corrected chi connectivity index (χ0v) is 12.1. The molecular weight excluding hydrogens is 276 g/mol. The number of carbonyl (C=O) groups excluding carboxylic acids is 1. The fraction of sp³-hybridized carbons (Fsp3) is 0.562. The first-order chi connectivity index (χ1) is 9.87. The number of alkyl halides is 2. The van der Waals surface area contributed by atoms with E-state index >= 15 is 0 Å². The van der Waals surface area contributed by atoms with Crippen molar-refractivity contribution in [1.82, 2.24) is 5.32 Å². The Balaban J connectivity index is 1.80. The minimum atomic E-state index is -2.63. The zero-order chi connectivity index (χ0) is 15.5. The number of amides is 1. The smallest absolute Gasteiger partial charge is 0.248 e. The van der Waals surface area contributed by atoms with E-state index in [1.807, 2.05) is 31.2 Å². The van der Waals surface area contributed by atoms with Crippen LogP contribution in [0, 0.1) is 12.8 Å². The maximum Gasteiger partial charge on any atom is 0.248 e. The van der Waals surface area contributed by atoms with Gasteiger partial charge in [0.05, 0.1) is 6.10 Å². The molecule has 3 nitrogen and oxygen atoms in total. The Labute approximate surface area is 123 Å². The normalized spacial score (nSPS) is 20.0. The van der Waals surface area contributed by atoms with Gasteiger partial charge in [-0.1, -0.05) is 29.8 Å². The Morgan fingerprint density at radius 2 is 1.90 bits per heavy atom. The van der Waals surface area contributed by atoms with E-state index in [9.17, 15) is 18.7 Å². The lowest BCUT2D eigenvalue weighted by Crippen LogP contribution is -2.37. The molecule has 1 aromatic rings. The monoisotopic (exact) mass is 297 g/mol. The summed E-state index contributed by atoms with van der Waals surface area (Å²) in [6.45, 7) is 2.06. The van der Waals surface area contributed by atoms with Crippen LogP contribution in [0.5, 0.6) is 0 Å². The van der Waals surface area contributed by atoms with Crippen LogP contribution >= 0.6 is 0 Å². The molecule has 1 fully saturated rings. The predicted octanol–water partition coefficient (Wildman–Crippen LogP) is 2.97. The third kappa shape index (κ3) is 4.49. The van der Waals surface area contributed by atoms with Gasteiger partial charge < -0.3 is 10.4 Å². The number of aliphatic hydroxyl groups excluding tert-OH is 1. The van der Waals surface area contributed by atoms with Crippen LogP contribution in [0.2, 0.25) is 0 Å². The molecule has 2 rings (SSSR count). The molecule has 1 saturated carbocycles. The summed E-state index contributed by atoms with van der Waals surface area (Å²) in [4.78, 5) is 11.9. The molecule has 1 aromatic carbocycles. The fourth-order valence-electron chi connectivity index (χ4n) is 2.55. The minimum Gasteiger partial charge on any atom is -0.387 e. The third-order valence-corrected chi connectivity index (χ3v) is 4.02. The second kappa shape index (κ2) is 6.52. The summed E-state index contributed by atoms with van der Waals surface area (Å²) in [5, 5.41) is 12.7. The van der Waals surface area contributed by atoms with Crippen molar-refractivity contribution in [3.05, 3.63) is 35.4 Å². The first kappa shape index (κ1) is 15.9. The Kier molecular flexibility index (Phi) is 4.93. The van der Waals surface area contributed by atoms with Crippen LogP contribution in [0.1, 0.15) is 42.9 Å². The molecule has 0 heterocycles. The molecule has 2 N–H and O–H groups in total. The number of rotatable bonds is 4. The van der Waals surface area contributed by atoms with Crippen molar-refractivity contribution in [3.8, 4) is 0 Å². The van der Waals surface area contributed by atoms with E-state index in [2.05, 4.69) is 5.32 Å². The quantitative estimate of drug-likeness (QED) is 0.897. The Hall–Kier alpha value is -1.49. The minimum absolute atomic E-state index is 0.106. The summed E-state index contributed by atoms with van der Waals surface area (Å²) in [6.07, 6.45) is -0.824. The molecule has 1 unspecified atom stereocenters. The molecular formula is C16H21F2NO2. The average molecular weight is 297 g/mol. The summed E-state index contributed by atoms with van der Waals surface area (Å²) in [7, 11) is 0. The average Bonchev–Trinajstić information content (AvgIpc) is 2.45. The van der Waals surface area contributed by atoms with Crippen LogP contribution in [0.3, 0.4) is 0 Å². The number of hydrogen-bond acceptors (Lipinski definition) is 2. The number of aryl methyl sites for hydroxylation is 1. The topological polar surface area (TPSA) is 49.3 Å². The summed E-state index contributed by atoms with van der Waals surface area (Å²) in [5.74, 6) is -3.23. The maximum absolute atomic E-state index is 13.0. The highest BCUT2D eigenvalue weighted by molar-refractivity contribution is 5.78. The van der Waals surface area contributed by atoms with Crippen LogP contribution < -0.4 is 5.32 Å². The van der Waals surface area contributed by atoms with Crippen LogP contribution in [-0.4, -0.2) is 23.5 Å². The Morgan fingerprint density at radius 3 is 2.48 bits per heavy atom. The molecule has 0 radical (unpaired) electrons. The van der Waals surface area contributed by atoms with Gasteiger partial charge in [-0.25, -0.2) is 8.78 Å². The largest absolute Gasteiger partial charge is 0.387 e.